The van der Waals surface area contributed by atoms with Gasteiger partial charge in [-0.2, -0.15) is 13.1 Å². The van der Waals surface area contributed by atoms with E-state index in [2.05, 4.69) is 9.44 Å². The third-order valence-electron chi connectivity index (χ3n) is 2.97. The van der Waals surface area contributed by atoms with Crippen molar-refractivity contribution in [1.29, 1.82) is 0 Å². The van der Waals surface area contributed by atoms with Gasteiger partial charge in [0, 0.05) is 12.6 Å². The summed E-state index contributed by atoms with van der Waals surface area (Å²) in [6.07, 6.45) is 4.07. The van der Waals surface area contributed by atoms with E-state index in [0.717, 1.165) is 25.7 Å². The lowest BCUT2D eigenvalue weighted by Gasteiger charge is -2.11. The van der Waals surface area contributed by atoms with Crippen LogP contribution in [0.5, 0.6) is 0 Å². The topological polar surface area (TPSA) is 78.4 Å². The van der Waals surface area contributed by atoms with Crippen molar-refractivity contribution in [3.63, 3.8) is 0 Å². The molecule has 2 aliphatic carbocycles. The van der Waals surface area contributed by atoms with Gasteiger partial charge in [-0.25, -0.2) is 4.72 Å². The van der Waals surface area contributed by atoms with E-state index in [0.29, 0.717) is 13.0 Å². The lowest BCUT2D eigenvalue weighted by Crippen LogP contribution is -2.39. The Hall–Kier alpha value is -0.170. The number of hydrogen-bond donors (Lipinski definition) is 3. The van der Waals surface area contributed by atoms with Crippen molar-refractivity contribution in [3.05, 3.63) is 0 Å². The summed E-state index contributed by atoms with van der Waals surface area (Å²) in [4.78, 5) is 0. The maximum atomic E-state index is 11.4. The smallest absolute Gasteiger partial charge is 0.277 e. The molecule has 0 radical (unpaired) electrons. The molecule has 2 unspecified atom stereocenters. The molecule has 0 aromatic rings. The molecule has 2 atom stereocenters. The molecular weight excluding hydrogens is 216 g/mol. The molecule has 0 aromatic carbocycles. The second-order valence-corrected chi connectivity index (χ2v) is 6.11. The van der Waals surface area contributed by atoms with Crippen LogP contribution in [0, 0.1) is 5.92 Å². The summed E-state index contributed by atoms with van der Waals surface area (Å²) in [5.41, 5.74) is 0. The van der Waals surface area contributed by atoms with Crippen molar-refractivity contribution in [1.82, 2.24) is 9.44 Å². The minimum Gasteiger partial charge on any atom is -0.393 e. The monoisotopic (exact) mass is 234 g/mol. The largest absolute Gasteiger partial charge is 0.393 e. The first kappa shape index (κ1) is 11.3. The Labute approximate surface area is 90.4 Å². The van der Waals surface area contributed by atoms with Crippen LogP contribution in [0.25, 0.3) is 0 Å². The fourth-order valence-electron chi connectivity index (χ4n) is 1.92. The molecule has 0 saturated heterocycles. The number of nitrogens with one attached hydrogen (secondary N) is 2. The Morgan fingerprint density at radius 1 is 1.20 bits per heavy atom. The van der Waals surface area contributed by atoms with E-state index in [4.69, 9.17) is 0 Å². The molecule has 5 nitrogen and oxygen atoms in total. The van der Waals surface area contributed by atoms with E-state index in [-0.39, 0.29) is 18.1 Å². The Bertz CT molecular complexity index is 313. The summed E-state index contributed by atoms with van der Waals surface area (Å²) in [5, 5.41) is 9.29. The fraction of sp³-hybridized carbons (Fsp3) is 1.00. The van der Waals surface area contributed by atoms with E-state index in [9.17, 15) is 13.5 Å². The van der Waals surface area contributed by atoms with Gasteiger partial charge in [0.2, 0.25) is 0 Å². The van der Waals surface area contributed by atoms with Crippen molar-refractivity contribution in [2.24, 2.45) is 5.92 Å². The average Bonchev–Trinajstić information content (AvgIpc) is 2.83. The van der Waals surface area contributed by atoms with Gasteiger partial charge in [0.15, 0.2) is 0 Å². The maximum Gasteiger partial charge on any atom is 0.277 e. The van der Waals surface area contributed by atoms with Crippen LogP contribution in [0.1, 0.15) is 32.1 Å². The van der Waals surface area contributed by atoms with Gasteiger partial charge in [-0.1, -0.05) is 0 Å². The van der Waals surface area contributed by atoms with Gasteiger partial charge in [0.25, 0.3) is 10.2 Å². The van der Waals surface area contributed by atoms with Crippen LogP contribution >= 0.6 is 0 Å². The van der Waals surface area contributed by atoms with Gasteiger partial charge >= 0.3 is 0 Å². The van der Waals surface area contributed by atoms with Gasteiger partial charge < -0.3 is 5.11 Å². The maximum absolute atomic E-state index is 11.4. The summed E-state index contributed by atoms with van der Waals surface area (Å²) in [5.74, 6) is 0.288. The molecule has 2 saturated carbocycles. The van der Waals surface area contributed by atoms with Crippen molar-refractivity contribution in [2.45, 2.75) is 44.2 Å². The SMILES string of the molecule is O=S(=O)(NCC1CCC(O)C1)NC1CC1. The molecule has 0 aromatic heterocycles. The van der Waals surface area contributed by atoms with E-state index in [1.807, 2.05) is 0 Å². The van der Waals surface area contributed by atoms with Crippen LogP contribution in [0.15, 0.2) is 0 Å². The average molecular weight is 234 g/mol. The molecule has 2 rings (SSSR count). The molecule has 0 heterocycles. The molecule has 15 heavy (non-hydrogen) atoms. The van der Waals surface area contributed by atoms with E-state index >= 15 is 0 Å². The highest BCUT2D eigenvalue weighted by molar-refractivity contribution is 7.87. The highest BCUT2D eigenvalue weighted by Gasteiger charge is 2.28. The molecule has 0 spiro atoms. The van der Waals surface area contributed by atoms with Crippen molar-refractivity contribution in [3.8, 4) is 0 Å². The second kappa shape index (κ2) is 4.37. The zero-order valence-corrected chi connectivity index (χ0v) is 9.46. The summed E-state index contributed by atoms with van der Waals surface area (Å²) < 4.78 is 28.0. The lowest BCUT2D eigenvalue weighted by atomic mass is 10.1. The third-order valence-corrected chi connectivity index (χ3v) is 4.17. The summed E-state index contributed by atoms with van der Waals surface area (Å²) >= 11 is 0. The van der Waals surface area contributed by atoms with E-state index in [1.54, 1.807) is 0 Å². The number of aliphatic hydroxyl groups is 1. The molecule has 2 aliphatic rings. The Balaban J connectivity index is 1.72. The van der Waals surface area contributed by atoms with Crippen LogP contribution < -0.4 is 9.44 Å². The van der Waals surface area contributed by atoms with Gasteiger partial charge in [-0.3, -0.25) is 0 Å². The summed E-state index contributed by atoms with van der Waals surface area (Å²) in [6, 6.07) is 0.150. The Kier molecular flexibility index (Phi) is 3.30. The highest BCUT2D eigenvalue weighted by Crippen LogP contribution is 2.25. The number of rotatable bonds is 5. The summed E-state index contributed by atoms with van der Waals surface area (Å²) in [6.45, 7) is 0.444. The second-order valence-electron chi connectivity index (χ2n) is 4.58. The first-order valence-corrected chi connectivity index (χ1v) is 6.98. The van der Waals surface area contributed by atoms with Crippen LogP contribution in [0.4, 0.5) is 0 Å². The zero-order chi connectivity index (χ0) is 10.9. The highest BCUT2D eigenvalue weighted by atomic mass is 32.2. The van der Waals surface area contributed by atoms with Crippen LogP contribution in [-0.4, -0.2) is 32.2 Å². The van der Waals surface area contributed by atoms with Gasteiger partial charge in [-0.05, 0) is 38.0 Å². The molecule has 0 bridgehead atoms. The number of aliphatic hydroxyl groups excluding tert-OH is 1. The Morgan fingerprint density at radius 2 is 1.93 bits per heavy atom. The summed E-state index contributed by atoms with van der Waals surface area (Å²) in [7, 11) is -3.30. The van der Waals surface area contributed by atoms with Crippen LogP contribution in [0.2, 0.25) is 0 Å². The van der Waals surface area contributed by atoms with Crippen molar-refractivity contribution >= 4 is 10.2 Å². The predicted molar refractivity (Wildman–Crippen MR) is 56.4 cm³/mol. The molecule has 2 fully saturated rings. The molecule has 6 heteroatoms. The lowest BCUT2D eigenvalue weighted by molar-refractivity contribution is 0.178. The molecule has 88 valence electrons. The van der Waals surface area contributed by atoms with E-state index < -0.39 is 10.2 Å². The first-order chi connectivity index (χ1) is 7.05. The molecule has 3 N–H and O–H groups in total. The molecule has 0 amide bonds. The quantitative estimate of drug-likeness (QED) is 0.613. The van der Waals surface area contributed by atoms with Crippen LogP contribution in [0.3, 0.4) is 0 Å². The zero-order valence-electron chi connectivity index (χ0n) is 8.65. The first-order valence-electron chi connectivity index (χ1n) is 5.50. The normalized spacial score (nSPS) is 32.1. The van der Waals surface area contributed by atoms with Crippen LogP contribution in [-0.2, 0) is 10.2 Å². The fourth-order valence-corrected chi connectivity index (χ4v) is 3.14. The standard InChI is InChI=1S/C9H18N2O3S/c12-9-4-1-7(5-9)6-10-15(13,14)11-8-2-3-8/h7-12H,1-6H2. The van der Waals surface area contributed by atoms with Gasteiger partial charge in [0.1, 0.15) is 0 Å². The van der Waals surface area contributed by atoms with Gasteiger partial charge in [-0.15, -0.1) is 0 Å². The van der Waals surface area contributed by atoms with Crippen molar-refractivity contribution in [2.75, 3.05) is 6.54 Å². The predicted octanol–water partition coefficient (Wildman–Crippen LogP) is -0.266. The molecule has 0 aliphatic heterocycles. The number of hydrogen-bond acceptors (Lipinski definition) is 3. The van der Waals surface area contributed by atoms with E-state index in [1.165, 1.54) is 0 Å². The van der Waals surface area contributed by atoms with Crippen molar-refractivity contribution < 1.29 is 13.5 Å². The van der Waals surface area contributed by atoms with Gasteiger partial charge in [0.05, 0.1) is 6.10 Å². The Morgan fingerprint density at radius 3 is 2.47 bits per heavy atom. The minimum absolute atomic E-state index is 0.150. The third kappa shape index (κ3) is 3.71. The minimum atomic E-state index is -3.30. The molecular formula is C9H18N2O3S.